The minimum absolute atomic E-state index is 0.0644. The van der Waals surface area contributed by atoms with Crippen molar-refractivity contribution in [2.45, 2.75) is 103 Å². The Morgan fingerprint density at radius 3 is 1.79 bits per heavy atom. The maximum Gasteiger partial charge on any atom is 0.305 e. The summed E-state index contributed by atoms with van der Waals surface area (Å²) < 4.78 is 5.00. The molecule has 0 aromatic rings. The number of thiol groups is 1. The standard InChI is InChI=1S/C21H40O2S/c1-2-3-4-5-6-7-8-9-10-11-12-13-14-15-16-17-18-21(22)23-19-20-24/h3-4,24H,2,5-20H2,1H3/b4-3+. The molecule has 0 radical (unpaired) electrons. The molecule has 0 aromatic heterocycles. The topological polar surface area (TPSA) is 26.3 Å². The molecule has 0 rings (SSSR count). The van der Waals surface area contributed by atoms with E-state index in [0.29, 0.717) is 18.8 Å². The molecule has 0 saturated heterocycles. The van der Waals surface area contributed by atoms with Crippen molar-refractivity contribution in [2.24, 2.45) is 0 Å². The number of carbonyl (C=O) groups excluding carboxylic acids is 1. The van der Waals surface area contributed by atoms with E-state index in [0.717, 1.165) is 12.8 Å². The first kappa shape index (κ1) is 23.6. The highest BCUT2D eigenvalue weighted by Crippen LogP contribution is 2.13. The molecule has 0 unspecified atom stereocenters. The quantitative estimate of drug-likeness (QED) is 0.125. The monoisotopic (exact) mass is 356 g/mol. The normalized spacial score (nSPS) is 11.2. The molecule has 0 bridgehead atoms. The lowest BCUT2D eigenvalue weighted by Crippen LogP contribution is -2.06. The second kappa shape index (κ2) is 20.6. The maximum absolute atomic E-state index is 11.3. The number of ether oxygens (including phenoxy) is 1. The van der Waals surface area contributed by atoms with Gasteiger partial charge in [0.25, 0.3) is 0 Å². The Hall–Kier alpha value is -0.440. The van der Waals surface area contributed by atoms with Gasteiger partial charge in [0, 0.05) is 12.2 Å². The van der Waals surface area contributed by atoms with Crippen LogP contribution < -0.4 is 0 Å². The van der Waals surface area contributed by atoms with Crippen molar-refractivity contribution in [3.05, 3.63) is 12.2 Å². The summed E-state index contributed by atoms with van der Waals surface area (Å²) in [6.07, 6.45) is 23.4. The van der Waals surface area contributed by atoms with Crippen LogP contribution in [-0.2, 0) is 9.53 Å². The molecule has 0 aliphatic rings. The number of allylic oxidation sites excluding steroid dienone is 2. The molecule has 2 nitrogen and oxygen atoms in total. The first-order chi connectivity index (χ1) is 11.8. The zero-order chi connectivity index (χ0) is 17.7. The molecule has 0 heterocycles. The molecule has 0 aliphatic heterocycles. The molecule has 0 N–H and O–H groups in total. The van der Waals surface area contributed by atoms with Gasteiger partial charge in [-0.1, -0.05) is 83.3 Å². The minimum atomic E-state index is -0.0644. The smallest absolute Gasteiger partial charge is 0.305 e. The van der Waals surface area contributed by atoms with Gasteiger partial charge in [0.05, 0.1) is 0 Å². The minimum Gasteiger partial charge on any atom is -0.465 e. The third-order valence-corrected chi connectivity index (χ3v) is 4.44. The van der Waals surface area contributed by atoms with Crippen LogP contribution in [-0.4, -0.2) is 18.3 Å². The van der Waals surface area contributed by atoms with Gasteiger partial charge in [-0.15, -0.1) is 0 Å². The molecule has 0 amide bonds. The van der Waals surface area contributed by atoms with Gasteiger partial charge in [-0.2, -0.15) is 12.6 Å². The number of unbranched alkanes of at least 4 members (excludes halogenated alkanes) is 12. The van der Waals surface area contributed by atoms with Gasteiger partial charge in [0.15, 0.2) is 0 Å². The number of rotatable bonds is 18. The molecule has 0 aromatic carbocycles. The summed E-state index contributed by atoms with van der Waals surface area (Å²) in [5, 5.41) is 0. The van der Waals surface area contributed by atoms with Gasteiger partial charge >= 0.3 is 5.97 Å². The molecule has 0 aliphatic carbocycles. The van der Waals surface area contributed by atoms with Crippen LogP contribution in [0.3, 0.4) is 0 Å². The third kappa shape index (κ3) is 19.6. The summed E-state index contributed by atoms with van der Waals surface area (Å²) in [7, 11) is 0. The number of hydrogen-bond acceptors (Lipinski definition) is 3. The van der Waals surface area contributed by atoms with E-state index < -0.39 is 0 Å². The molecular formula is C21H40O2S. The lowest BCUT2D eigenvalue weighted by atomic mass is 10.0. The highest BCUT2D eigenvalue weighted by Gasteiger charge is 2.01. The van der Waals surface area contributed by atoms with Crippen LogP contribution in [0.2, 0.25) is 0 Å². The lowest BCUT2D eigenvalue weighted by Gasteiger charge is -2.04. The third-order valence-electron chi connectivity index (χ3n) is 4.26. The van der Waals surface area contributed by atoms with Crippen LogP contribution in [0.5, 0.6) is 0 Å². The fraction of sp³-hybridized carbons (Fsp3) is 0.857. The van der Waals surface area contributed by atoms with Crippen molar-refractivity contribution >= 4 is 18.6 Å². The Morgan fingerprint density at radius 1 is 0.792 bits per heavy atom. The van der Waals surface area contributed by atoms with Gasteiger partial charge in [-0.05, 0) is 25.7 Å². The van der Waals surface area contributed by atoms with Crippen LogP contribution in [0.25, 0.3) is 0 Å². The van der Waals surface area contributed by atoms with E-state index in [1.54, 1.807) is 0 Å². The Bertz CT molecular complexity index is 290. The molecule has 3 heteroatoms. The van der Waals surface area contributed by atoms with Crippen LogP contribution in [0, 0.1) is 0 Å². The van der Waals surface area contributed by atoms with Gasteiger partial charge < -0.3 is 4.74 Å². The Kier molecular flexibility index (Phi) is 20.2. The maximum atomic E-state index is 11.3. The first-order valence-electron chi connectivity index (χ1n) is 10.2. The van der Waals surface area contributed by atoms with E-state index in [1.807, 2.05) is 0 Å². The molecule has 0 atom stereocenters. The number of hydrogen-bond donors (Lipinski definition) is 1. The molecule has 0 fully saturated rings. The van der Waals surface area contributed by atoms with E-state index in [1.165, 1.54) is 77.0 Å². The Labute approximate surface area is 156 Å². The van der Waals surface area contributed by atoms with E-state index in [4.69, 9.17) is 4.74 Å². The first-order valence-corrected chi connectivity index (χ1v) is 10.9. The summed E-state index contributed by atoms with van der Waals surface area (Å²) in [5.74, 6) is 0.549. The Morgan fingerprint density at radius 2 is 1.29 bits per heavy atom. The van der Waals surface area contributed by atoms with E-state index in [-0.39, 0.29) is 5.97 Å². The zero-order valence-corrected chi connectivity index (χ0v) is 16.8. The van der Waals surface area contributed by atoms with Crippen molar-refractivity contribution in [1.82, 2.24) is 0 Å². The summed E-state index contributed by atoms with van der Waals surface area (Å²) in [6, 6.07) is 0. The van der Waals surface area contributed by atoms with E-state index >= 15 is 0 Å². The van der Waals surface area contributed by atoms with Crippen molar-refractivity contribution < 1.29 is 9.53 Å². The average molecular weight is 357 g/mol. The predicted octanol–water partition coefficient (Wildman–Crippen LogP) is 6.89. The summed E-state index contributed by atoms with van der Waals surface area (Å²) >= 11 is 4.02. The fourth-order valence-electron chi connectivity index (χ4n) is 2.82. The second-order valence-corrected chi connectivity index (χ2v) is 7.05. The van der Waals surface area contributed by atoms with Gasteiger partial charge in [0.1, 0.15) is 6.61 Å². The van der Waals surface area contributed by atoms with Gasteiger partial charge in [-0.3, -0.25) is 4.79 Å². The highest BCUT2D eigenvalue weighted by molar-refractivity contribution is 7.80. The summed E-state index contributed by atoms with van der Waals surface area (Å²) in [6.45, 7) is 2.64. The van der Waals surface area contributed by atoms with Gasteiger partial charge in [0.2, 0.25) is 0 Å². The van der Waals surface area contributed by atoms with Crippen molar-refractivity contribution in [2.75, 3.05) is 12.4 Å². The van der Waals surface area contributed by atoms with E-state index in [2.05, 4.69) is 31.7 Å². The number of carbonyl (C=O) groups is 1. The van der Waals surface area contributed by atoms with Crippen LogP contribution >= 0.6 is 12.6 Å². The fourth-order valence-corrected chi connectivity index (χ4v) is 2.91. The predicted molar refractivity (Wildman–Crippen MR) is 109 cm³/mol. The van der Waals surface area contributed by atoms with Crippen LogP contribution in [0.1, 0.15) is 103 Å². The molecule has 0 saturated carbocycles. The largest absolute Gasteiger partial charge is 0.465 e. The molecule has 24 heavy (non-hydrogen) atoms. The zero-order valence-electron chi connectivity index (χ0n) is 15.9. The van der Waals surface area contributed by atoms with Gasteiger partial charge in [-0.25, -0.2) is 0 Å². The average Bonchev–Trinajstić information content (AvgIpc) is 2.59. The van der Waals surface area contributed by atoms with Crippen molar-refractivity contribution in [3.8, 4) is 0 Å². The van der Waals surface area contributed by atoms with Crippen molar-refractivity contribution in [1.29, 1.82) is 0 Å². The lowest BCUT2D eigenvalue weighted by molar-refractivity contribution is -0.143. The van der Waals surface area contributed by atoms with E-state index in [9.17, 15) is 4.79 Å². The Balaban J connectivity index is 3.07. The molecule has 0 spiro atoms. The summed E-state index contributed by atoms with van der Waals surface area (Å²) in [5.41, 5.74) is 0. The number of esters is 1. The highest BCUT2D eigenvalue weighted by atomic mass is 32.1. The second-order valence-electron chi connectivity index (χ2n) is 6.61. The van der Waals surface area contributed by atoms with Crippen LogP contribution in [0.15, 0.2) is 12.2 Å². The van der Waals surface area contributed by atoms with Crippen LogP contribution in [0.4, 0.5) is 0 Å². The summed E-state index contributed by atoms with van der Waals surface area (Å²) in [4.78, 5) is 11.3. The molecular weight excluding hydrogens is 316 g/mol. The SMILES string of the molecule is CC/C=C/CCCCCCCCCCCCCCC(=O)OCCS. The van der Waals surface area contributed by atoms with Crippen molar-refractivity contribution in [3.63, 3.8) is 0 Å². The molecule has 142 valence electrons.